The summed E-state index contributed by atoms with van der Waals surface area (Å²) in [5.41, 5.74) is 7.69. The van der Waals surface area contributed by atoms with Gasteiger partial charge in [-0.2, -0.15) is 0 Å². The first-order valence-electron chi connectivity index (χ1n) is 8.83. The summed E-state index contributed by atoms with van der Waals surface area (Å²) in [6.07, 6.45) is 6.31. The molecule has 132 valence electrons. The predicted octanol–water partition coefficient (Wildman–Crippen LogP) is 3.86. The Morgan fingerprint density at radius 2 is 1.92 bits per heavy atom. The van der Waals surface area contributed by atoms with Crippen LogP contribution in [0.3, 0.4) is 0 Å². The fourth-order valence-corrected chi connectivity index (χ4v) is 3.60. The van der Waals surface area contributed by atoms with Gasteiger partial charge in [-0.25, -0.2) is 0 Å². The Morgan fingerprint density at radius 3 is 2.64 bits per heavy atom. The number of fused-ring (bicyclic) bond motifs is 1. The van der Waals surface area contributed by atoms with Crippen molar-refractivity contribution >= 4 is 23.4 Å². The summed E-state index contributed by atoms with van der Waals surface area (Å²) in [6, 6.07) is 5.99. The Labute approximate surface area is 150 Å². The highest BCUT2D eigenvalue weighted by Crippen LogP contribution is 2.35. The molecule has 1 aromatic heterocycles. The number of benzene rings is 1. The van der Waals surface area contributed by atoms with Gasteiger partial charge in [0.1, 0.15) is 0 Å². The van der Waals surface area contributed by atoms with Crippen LogP contribution in [0.5, 0.6) is 0 Å². The molecule has 3 rings (SSSR count). The molecule has 0 fully saturated rings. The second-order valence-corrected chi connectivity index (χ2v) is 7.18. The lowest BCUT2D eigenvalue weighted by atomic mass is 10.0. The number of carbonyl (C=O) groups is 1. The van der Waals surface area contributed by atoms with Crippen LogP contribution < -0.4 is 5.32 Å². The van der Waals surface area contributed by atoms with Crippen LogP contribution in [0.25, 0.3) is 11.8 Å². The average molecular weight is 337 g/mol. The normalized spacial score (nSPS) is 15.1. The van der Waals surface area contributed by atoms with Gasteiger partial charge < -0.3 is 14.8 Å². The minimum absolute atomic E-state index is 0.0239. The fourth-order valence-electron chi connectivity index (χ4n) is 3.60. The van der Waals surface area contributed by atoms with Crippen LogP contribution >= 0.6 is 0 Å². The quantitative estimate of drug-likeness (QED) is 0.841. The fraction of sp³-hybridized carbons (Fsp3) is 0.381. The summed E-state index contributed by atoms with van der Waals surface area (Å²) >= 11 is 0. The number of carbonyl (C=O) groups excluding carboxylic acids is 1. The Kier molecular flexibility index (Phi) is 4.82. The lowest BCUT2D eigenvalue weighted by Gasteiger charge is -2.10. The number of aryl methyl sites for hydroxylation is 2. The topological polar surface area (TPSA) is 37.3 Å². The lowest BCUT2D eigenvalue weighted by Crippen LogP contribution is -2.13. The van der Waals surface area contributed by atoms with E-state index in [1.165, 1.54) is 16.8 Å². The van der Waals surface area contributed by atoms with Crippen molar-refractivity contribution in [1.29, 1.82) is 0 Å². The number of nitrogens with zero attached hydrogens (tertiary/aromatic N) is 2. The molecule has 25 heavy (non-hydrogen) atoms. The highest BCUT2D eigenvalue weighted by atomic mass is 16.2. The molecule has 2 aromatic rings. The van der Waals surface area contributed by atoms with E-state index >= 15 is 0 Å². The molecule has 1 aliphatic heterocycles. The van der Waals surface area contributed by atoms with Crippen molar-refractivity contribution in [1.82, 2.24) is 9.47 Å². The van der Waals surface area contributed by atoms with Gasteiger partial charge in [0.05, 0.1) is 5.57 Å². The molecule has 0 bridgehead atoms. The number of rotatable bonds is 5. The maximum absolute atomic E-state index is 12.4. The monoisotopic (exact) mass is 337 g/mol. The highest BCUT2D eigenvalue weighted by Gasteiger charge is 2.26. The molecule has 0 radical (unpaired) electrons. The number of aromatic nitrogens is 1. The van der Waals surface area contributed by atoms with Gasteiger partial charge in [-0.1, -0.05) is 12.1 Å². The zero-order valence-corrected chi connectivity index (χ0v) is 15.8. The van der Waals surface area contributed by atoms with Gasteiger partial charge in [0.2, 0.25) is 0 Å². The van der Waals surface area contributed by atoms with E-state index in [1.54, 1.807) is 0 Å². The van der Waals surface area contributed by atoms with Gasteiger partial charge in [-0.05, 0) is 77.0 Å². The summed E-state index contributed by atoms with van der Waals surface area (Å²) < 4.78 is 2.11. The summed E-state index contributed by atoms with van der Waals surface area (Å²) in [5, 5.41) is 2.97. The zero-order chi connectivity index (χ0) is 18.1. The average Bonchev–Trinajstić information content (AvgIpc) is 2.99. The minimum atomic E-state index is -0.0239. The van der Waals surface area contributed by atoms with Crippen LogP contribution in [0.15, 0.2) is 24.4 Å². The molecule has 0 atom stereocenters. The molecule has 0 spiro atoms. The number of anilines is 1. The lowest BCUT2D eigenvalue weighted by molar-refractivity contribution is -0.110. The van der Waals surface area contributed by atoms with Crippen molar-refractivity contribution in [2.45, 2.75) is 33.6 Å². The van der Waals surface area contributed by atoms with Crippen molar-refractivity contribution in [3.05, 3.63) is 52.3 Å². The largest absolute Gasteiger partial charge is 0.327 e. The Balaban J connectivity index is 1.94. The Bertz CT molecular complexity index is 843. The summed E-state index contributed by atoms with van der Waals surface area (Å²) in [5.74, 6) is -0.0239. The van der Waals surface area contributed by atoms with Crippen LogP contribution in [0.1, 0.15) is 34.4 Å². The first kappa shape index (κ1) is 17.5. The smallest absolute Gasteiger partial charge is 0.257 e. The summed E-state index contributed by atoms with van der Waals surface area (Å²) in [7, 11) is 4.21. The van der Waals surface area contributed by atoms with Gasteiger partial charge >= 0.3 is 0 Å². The number of hydrogen-bond donors (Lipinski definition) is 1. The molecule has 1 amide bonds. The first-order chi connectivity index (χ1) is 11.9. The van der Waals surface area contributed by atoms with Crippen LogP contribution in [0.4, 0.5) is 5.69 Å². The molecule has 2 heterocycles. The third kappa shape index (κ3) is 3.40. The summed E-state index contributed by atoms with van der Waals surface area (Å²) in [4.78, 5) is 14.7. The Morgan fingerprint density at radius 1 is 1.16 bits per heavy atom. The van der Waals surface area contributed by atoms with E-state index < -0.39 is 0 Å². The molecule has 0 aliphatic carbocycles. The first-order valence-corrected chi connectivity index (χ1v) is 8.83. The number of hydrogen-bond acceptors (Lipinski definition) is 2. The van der Waals surface area contributed by atoms with Crippen LogP contribution in [0, 0.1) is 20.8 Å². The molecule has 1 aromatic carbocycles. The third-order valence-electron chi connectivity index (χ3n) is 4.97. The van der Waals surface area contributed by atoms with Crippen LogP contribution in [-0.2, 0) is 11.2 Å². The van der Waals surface area contributed by atoms with Crippen molar-refractivity contribution < 1.29 is 4.79 Å². The molecule has 1 aliphatic rings. The van der Waals surface area contributed by atoms with Gasteiger partial charge in [0.25, 0.3) is 5.91 Å². The van der Waals surface area contributed by atoms with E-state index in [1.807, 2.05) is 31.3 Å². The Hall–Kier alpha value is -2.33. The van der Waals surface area contributed by atoms with Gasteiger partial charge in [-0.3, -0.25) is 4.79 Å². The predicted molar refractivity (Wildman–Crippen MR) is 105 cm³/mol. The minimum Gasteiger partial charge on any atom is -0.327 e. The van der Waals surface area contributed by atoms with Crippen molar-refractivity contribution in [2.75, 3.05) is 26.0 Å². The second-order valence-electron chi connectivity index (χ2n) is 7.18. The third-order valence-corrected chi connectivity index (χ3v) is 4.97. The molecule has 0 saturated heterocycles. The molecular formula is C21H27N3O. The van der Waals surface area contributed by atoms with E-state index in [2.05, 4.69) is 48.9 Å². The highest BCUT2D eigenvalue weighted by molar-refractivity contribution is 6.34. The summed E-state index contributed by atoms with van der Waals surface area (Å²) in [6.45, 7) is 7.43. The zero-order valence-electron chi connectivity index (χ0n) is 15.8. The standard InChI is InChI=1S/C21H27N3O/c1-14-8-6-10-19-20(14)18(21(25)22-19)13-24-12-15(2)17(16(24)3)9-7-11-23(4)5/h6,8,10,12-13H,7,9,11H2,1-5H3,(H,22,25). The molecule has 1 N–H and O–H groups in total. The van der Waals surface area contributed by atoms with E-state index in [4.69, 9.17) is 0 Å². The van der Waals surface area contributed by atoms with Gasteiger partial charge in [-0.15, -0.1) is 0 Å². The molecular weight excluding hydrogens is 310 g/mol. The molecule has 4 heteroatoms. The van der Waals surface area contributed by atoms with Crippen molar-refractivity contribution in [2.24, 2.45) is 0 Å². The second kappa shape index (κ2) is 6.89. The van der Waals surface area contributed by atoms with E-state index in [0.29, 0.717) is 0 Å². The SMILES string of the molecule is Cc1cn(C=C2C(=O)Nc3cccc(C)c32)c(C)c1CCCN(C)C. The van der Waals surface area contributed by atoms with Gasteiger partial charge in [0.15, 0.2) is 0 Å². The number of nitrogens with one attached hydrogen (secondary N) is 1. The molecule has 0 unspecified atom stereocenters. The molecule has 4 nitrogen and oxygen atoms in total. The van der Waals surface area contributed by atoms with E-state index in [-0.39, 0.29) is 5.91 Å². The van der Waals surface area contributed by atoms with Crippen molar-refractivity contribution in [3.8, 4) is 0 Å². The van der Waals surface area contributed by atoms with E-state index in [0.717, 1.165) is 41.8 Å². The van der Waals surface area contributed by atoms with Crippen LogP contribution in [0.2, 0.25) is 0 Å². The number of amides is 1. The maximum Gasteiger partial charge on any atom is 0.257 e. The van der Waals surface area contributed by atoms with E-state index in [9.17, 15) is 4.79 Å². The van der Waals surface area contributed by atoms with Gasteiger partial charge in [0, 0.05) is 29.3 Å². The van der Waals surface area contributed by atoms with Crippen molar-refractivity contribution in [3.63, 3.8) is 0 Å². The molecule has 0 saturated carbocycles. The maximum atomic E-state index is 12.4. The van der Waals surface area contributed by atoms with Crippen LogP contribution in [-0.4, -0.2) is 36.0 Å².